The van der Waals surface area contributed by atoms with Crippen molar-refractivity contribution >= 4 is 29.0 Å². The summed E-state index contributed by atoms with van der Waals surface area (Å²) in [6, 6.07) is 2.26. The van der Waals surface area contributed by atoms with E-state index in [0.717, 1.165) is 24.2 Å². The third-order valence-electron chi connectivity index (χ3n) is 10.4. The molecule has 1 saturated heterocycles. The molecule has 4 aliphatic rings. The number of hydrogen-bond acceptors (Lipinski definition) is 15. The van der Waals surface area contributed by atoms with Gasteiger partial charge in [0.1, 0.15) is 29.8 Å². The van der Waals surface area contributed by atoms with Gasteiger partial charge in [0, 0.05) is 64.6 Å². The molecule has 1 fully saturated rings. The molecule has 1 heterocycles. The number of phenols is 2. The van der Waals surface area contributed by atoms with Crippen molar-refractivity contribution in [1.29, 1.82) is 0 Å². The highest BCUT2D eigenvalue weighted by Crippen LogP contribution is 2.56. The standard InChI is InChI=1S/C35H38N2O14/c1-12-8-14-9-19(39)35(50-7)31(45)22-16(30(44)34(35,47)23(14)26(42)20(12)33(46)37(3)4)10-15-21(25(22)41)18(38)11-17(24(15)40)36-32-29(49-6)27(43)28(48-5)13(2)51-32/h8,10-11,13,19,27-29,32,36,39,41-43,47H,9H2,1-7H3/t13-,19+,27+,28-,29+,32-,34-,35+/m0/s1. The molecule has 3 aliphatic carbocycles. The van der Waals surface area contributed by atoms with Gasteiger partial charge >= 0.3 is 0 Å². The number of allylic oxidation sites excluding steroid dienone is 2. The van der Waals surface area contributed by atoms with Crippen LogP contribution in [-0.2, 0) is 31.0 Å². The monoisotopic (exact) mass is 710 g/mol. The van der Waals surface area contributed by atoms with Crippen LogP contribution in [0.3, 0.4) is 0 Å². The van der Waals surface area contributed by atoms with Crippen LogP contribution >= 0.6 is 0 Å². The number of carbonyl (C=O) groups excluding carboxylic acids is 5. The number of aliphatic hydroxyl groups excluding tert-OH is 2. The average molecular weight is 711 g/mol. The van der Waals surface area contributed by atoms with E-state index in [1.807, 2.05) is 0 Å². The zero-order valence-corrected chi connectivity index (χ0v) is 28.8. The molecule has 16 heteroatoms. The first kappa shape index (κ1) is 36.2. The Morgan fingerprint density at radius 2 is 1.61 bits per heavy atom. The third kappa shape index (κ3) is 4.68. The number of methoxy groups -OCH3 is 3. The average Bonchev–Trinajstić information content (AvgIpc) is 3.05. The number of aryl methyl sites for hydroxylation is 1. The van der Waals surface area contributed by atoms with Gasteiger partial charge in [-0.3, -0.25) is 24.0 Å². The Kier molecular flexibility index (Phi) is 8.74. The summed E-state index contributed by atoms with van der Waals surface area (Å²) in [7, 11) is 6.44. The van der Waals surface area contributed by atoms with E-state index in [1.54, 1.807) is 6.92 Å². The van der Waals surface area contributed by atoms with E-state index in [9.17, 15) is 49.5 Å². The van der Waals surface area contributed by atoms with Crippen LogP contribution in [0.25, 0.3) is 0 Å². The fourth-order valence-corrected chi connectivity index (χ4v) is 7.98. The lowest BCUT2D eigenvalue weighted by molar-refractivity contribution is -0.236. The van der Waals surface area contributed by atoms with Gasteiger partial charge in [-0.1, -0.05) is 6.07 Å². The predicted octanol–water partition coefficient (Wildman–Crippen LogP) is -0.335. The summed E-state index contributed by atoms with van der Waals surface area (Å²) in [6.07, 6.45) is -6.49. The number of hydrogen-bond donors (Lipinski definition) is 6. The van der Waals surface area contributed by atoms with Crippen LogP contribution in [0.15, 0.2) is 23.9 Å². The van der Waals surface area contributed by atoms with Crippen molar-refractivity contribution in [1.82, 2.24) is 10.2 Å². The van der Waals surface area contributed by atoms with Crippen molar-refractivity contribution < 1.29 is 68.5 Å². The molecule has 0 bridgehead atoms. The number of Topliss-reactive ketones (excluding diaryl/α,β-unsaturated/α-hetero) is 3. The quantitative estimate of drug-likeness (QED) is 0.225. The molecule has 272 valence electrons. The molecule has 1 amide bonds. The van der Waals surface area contributed by atoms with Gasteiger partial charge in [0.05, 0.1) is 34.6 Å². The van der Waals surface area contributed by atoms with Crippen LogP contribution in [0.5, 0.6) is 11.5 Å². The molecule has 0 saturated carbocycles. The Hall–Kier alpha value is -4.55. The Morgan fingerprint density at radius 3 is 2.20 bits per heavy atom. The summed E-state index contributed by atoms with van der Waals surface area (Å²) < 4.78 is 22.1. The molecule has 0 radical (unpaired) electrons. The van der Waals surface area contributed by atoms with E-state index in [-0.39, 0.29) is 22.4 Å². The number of ether oxygens (including phenoxy) is 4. The number of ketones is 4. The molecular formula is C35H38N2O14. The first-order valence-corrected chi connectivity index (χ1v) is 15.9. The summed E-state index contributed by atoms with van der Waals surface area (Å²) in [5.74, 6) is -7.18. The highest BCUT2D eigenvalue weighted by atomic mass is 16.6. The van der Waals surface area contributed by atoms with Gasteiger partial charge in [0.2, 0.25) is 17.3 Å². The van der Waals surface area contributed by atoms with Crippen LogP contribution in [0.2, 0.25) is 0 Å². The van der Waals surface area contributed by atoms with E-state index >= 15 is 0 Å². The molecule has 0 aromatic heterocycles. The Bertz CT molecular complexity index is 1950. The van der Waals surface area contributed by atoms with Crippen LogP contribution in [0.4, 0.5) is 0 Å². The van der Waals surface area contributed by atoms with Crippen LogP contribution in [0.1, 0.15) is 75.4 Å². The topological polar surface area (TPSA) is 239 Å². The molecule has 16 nitrogen and oxygen atoms in total. The summed E-state index contributed by atoms with van der Waals surface area (Å²) in [5, 5.41) is 60.7. The maximum atomic E-state index is 14.7. The second-order valence-electron chi connectivity index (χ2n) is 13.3. The Labute approximate surface area is 291 Å². The van der Waals surface area contributed by atoms with Gasteiger partial charge in [0.15, 0.2) is 23.2 Å². The number of amides is 1. The number of aromatic hydroxyl groups is 2. The first-order valence-electron chi connectivity index (χ1n) is 15.9. The van der Waals surface area contributed by atoms with E-state index in [0.29, 0.717) is 0 Å². The SMILES string of the molecule is CO[C@@H]1[C@@H](O)[C@@H](OC)[C@@H](NC2=CC(=O)c3c(cc4c(c3O)C(=O)[C@]3(OC)[C@H](O)Cc5cc(C)c(C(=O)N(C)C)c(O)c5[C@]3(O)C4=O)C2=O)O[C@H]1C. The summed E-state index contributed by atoms with van der Waals surface area (Å²) >= 11 is 0. The number of nitrogens with one attached hydrogen (secondary N) is 1. The second-order valence-corrected chi connectivity index (χ2v) is 13.3. The Balaban J connectivity index is 1.52. The number of phenolic OH excluding ortho intramolecular Hbond substituents is 2. The summed E-state index contributed by atoms with van der Waals surface area (Å²) in [6.45, 7) is 3.12. The zero-order chi connectivity index (χ0) is 37.6. The molecule has 6 N–H and O–H groups in total. The highest BCUT2D eigenvalue weighted by molar-refractivity contribution is 6.31. The third-order valence-corrected chi connectivity index (χ3v) is 10.4. The van der Waals surface area contributed by atoms with Crippen molar-refractivity contribution in [3.8, 4) is 11.5 Å². The van der Waals surface area contributed by atoms with E-state index < -0.39 is 123 Å². The van der Waals surface area contributed by atoms with Crippen molar-refractivity contribution in [2.24, 2.45) is 0 Å². The molecule has 0 unspecified atom stereocenters. The number of aliphatic hydroxyl groups is 3. The van der Waals surface area contributed by atoms with Gasteiger partial charge in [-0.2, -0.15) is 0 Å². The predicted molar refractivity (Wildman–Crippen MR) is 173 cm³/mol. The molecule has 0 spiro atoms. The number of rotatable bonds is 6. The van der Waals surface area contributed by atoms with Crippen molar-refractivity contribution in [2.45, 2.75) is 68.2 Å². The minimum Gasteiger partial charge on any atom is -0.507 e. The number of carbonyl (C=O) groups is 5. The Morgan fingerprint density at radius 1 is 0.961 bits per heavy atom. The zero-order valence-electron chi connectivity index (χ0n) is 28.8. The maximum absolute atomic E-state index is 14.7. The normalized spacial score (nSPS) is 31.3. The second kappa shape index (κ2) is 12.3. The molecule has 1 aliphatic heterocycles. The minimum atomic E-state index is -3.21. The summed E-state index contributed by atoms with van der Waals surface area (Å²) in [5.41, 5.74) is -9.71. The van der Waals surface area contributed by atoms with Crippen molar-refractivity contribution in [3.05, 3.63) is 68.4 Å². The number of nitrogens with zero attached hydrogens (tertiary/aromatic N) is 1. The lowest BCUT2D eigenvalue weighted by atomic mass is 9.56. The molecule has 2 aromatic rings. The van der Waals surface area contributed by atoms with Gasteiger partial charge in [-0.25, -0.2) is 0 Å². The van der Waals surface area contributed by atoms with E-state index in [4.69, 9.17) is 18.9 Å². The summed E-state index contributed by atoms with van der Waals surface area (Å²) in [4.78, 5) is 71.0. The molecule has 8 atom stereocenters. The van der Waals surface area contributed by atoms with Gasteiger partial charge in [-0.05, 0) is 31.0 Å². The highest BCUT2D eigenvalue weighted by Gasteiger charge is 2.72. The van der Waals surface area contributed by atoms with Gasteiger partial charge < -0.3 is 54.7 Å². The largest absolute Gasteiger partial charge is 0.507 e. The molecule has 2 aromatic carbocycles. The fraction of sp³-hybridized carbons (Fsp3) is 0.457. The first-order chi connectivity index (χ1) is 23.9. The smallest absolute Gasteiger partial charge is 0.257 e. The van der Waals surface area contributed by atoms with Crippen molar-refractivity contribution in [3.63, 3.8) is 0 Å². The molecular weight excluding hydrogens is 672 g/mol. The van der Waals surface area contributed by atoms with Gasteiger partial charge in [0.25, 0.3) is 5.91 Å². The van der Waals surface area contributed by atoms with Crippen LogP contribution < -0.4 is 5.32 Å². The van der Waals surface area contributed by atoms with Gasteiger partial charge in [-0.15, -0.1) is 0 Å². The molecule has 51 heavy (non-hydrogen) atoms. The number of fused-ring (bicyclic) bond motifs is 5. The van der Waals surface area contributed by atoms with Crippen LogP contribution in [-0.4, -0.2) is 137 Å². The maximum Gasteiger partial charge on any atom is 0.257 e. The fourth-order valence-electron chi connectivity index (χ4n) is 7.98. The minimum absolute atomic E-state index is 0.0303. The van der Waals surface area contributed by atoms with E-state index in [1.165, 1.54) is 41.3 Å². The lowest BCUT2D eigenvalue weighted by Gasteiger charge is -2.53. The van der Waals surface area contributed by atoms with E-state index in [2.05, 4.69) is 5.32 Å². The number of benzene rings is 2. The van der Waals surface area contributed by atoms with Crippen LogP contribution in [0, 0.1) is 6.92 Å². The van der Waals surface area contributed by atoms with Crippen molar-refractivity contribution in [2.75, 3.05) is 35.4 Å². The molecule has 6 rings (SSSR count). The lowest BCUT2D eigenvalue weighted by Crippen LogP contribution is -2.73.